The maximum atomic E-state index is 13.3. The average molecular weight is 387 g/mol. The second-order valence-electron chi connectivity index (χ2n) is 6.90. The van der Waals surface area contributed by atoms with Gasteiger partial charge in [-0.1, -0.05) is 12.5 Å². The largest absolute Gasteiger partial charge is 0.462 e. The predicted octanol–water partition coefficient (Wildman–Crippen LogP) is 4.56. The number of halogens is 2. The lowest BCUT2D eigenvalue weighted by Gasteiger charge is -2.37. The van der Waals surface area contributed by atoms with E-state index in [0.29, 0.717) is 29.8 Å². The van der Waals surface area contributed by atoms with E-state index in [2.05, 4.69) is 4.74 Å². The number of esters is 1. The third-order valence-corrected chi connectivity index (χ3v) is 5.38. The summed E-state index contributed by atoms with van der Waals surface area (Å²) in [6.07, 6.45) is 2.29. The van der Waals surface area contributed by atoms with E-state index in [1.54, 1.807) is 37.3 Å². The van der Waals surface area contributed by atoms with Crippen molar-refractivity contribution in [1.82, 2.24) is 0 Å². The van der Waals surface area contributed by atoms with Crippen LogP contribution in [0.1, 0.15) is 42.1 Å². The number of alkyl halides is 2. The topological polar surface area (TPSA) is 55.8 Å². The van der Waals surface area contributed by atoms with Crippen LogP contribution in [0.5, 0.6) is 5.75 Å². The summed E-state index contributed by atoms with van der Waals surface area (Å²) in [5.74, 6) is -0.554. The van der Waals surface area contributed by atoms with Gasteiger partial charge < -0.3 is 9.47 Å². The normalized spacial score (nSPS) is 16.9. The number of ether oxygens (including phenoxy) is 2. The fraction of sp³-hybridized carbons (Fsp3) is 0.333. The Morgan fingerprint density at radius 1 is 1.21 bits per heavy atom. The van der Waals surface area contributed by atoms with Gasteiger partial charge in [-0.05, 0) is 55.7 Å². The fourth-order valence-electron chi connectivity index (χ4n) is 3.96. The van der Waals surface area contributed by atoms with Gasteiger partial charge in [0.15, 0.2) is 0 Å². The zero-order chi connectivity index (χ0) is 19.9. The molecule has 0 aromatic heterocycles. The molecule has 4 rings (SSSR count). The standard InChI is InChI=1S/C21H19F2NO4/c1-2-27-18(25)13-7-8-17-16(11-13)21(9-4-10-21)19(26)24(17)14-5-3-6-15(12-14)28-20(22)23/h3,5-8,11-12,20H,2,4,9-10H2,1H3. The molecule has 5 nitrogen and oxygen atoms in total. The molecule has 0 N–H and O–H groups in total. The van der Waals surface area contributed by atoms with Crippen LogP contribution in [0, 0.1) is 0 Å². The molecule has 146 valence electrons. The van der Waals surface area contributed by atoms with E-state index in [9.17, 15) is 18.4 Å². The molecule has 0 radical (unpaired) electrons. The number of anilines is 2. The molecule has 2 aromatic rings. The van der Waals surface area contributed by atoms with Gasteiger partial charge in [0.2, 0.25) is 5.91 Å². The molecule has 0 atom stereocenters. The molecule has 2 aliphatic rings. The Kier molecular flexibility index (Phi) is 4.53. The molecular formula is C21H19F2NO4. The maximum absolute atomic E-state index is 13.3. The minimum Gasteiger partial charge on any atom is -0.462 e. The molecule has 1 aliphatic carbocycles. The van der Waals surface area contributed by atoms with E-state index in [1.165, 1.54) is 17.0 Å². The van der Waals surface area contributed by atoms with E-state index in [4.69, 9.17) is 4.74 Å². The Morgan fingerprint density at radius 3 is 2.64 bits per heavy atom. The molecule has 2 aromatic carbocycles. The second-order valence-corrected chi connectivity index (χ2v) is 6.90. The van der Waals surface area contributed by atoms with Crippen molar-refractivity contribution >= 4 is 23.3 Å². The SMILES string of the molecule is CCOC(=O)c1ccc2c(c1)C1(CCC1)C(=O)N2c1cccc(OC(F)F)c1. The van der Waals surface area contributed by atoms with Crippen LogP contribution in [0.2, 0.25) is 0 Å². The molecule has 7 heteroatoms. The van der Waals surface area contributed by atoms with Gasteiger partial charge >= 0.3 is 12.6 Å². The Labute approximate surface area is 160 Å². The molecule has 28 heavy (non-hydrogen) atoms. The molecule has 0 unspecified atom stereocenters. The molecule has 1 aliphatic heterocycles. The molecule has 1 amide bonds. The predicted molar refractivity (Wildman–Crippen MR) is 98.1 cm³/mol. The second kappa shape index (κ2) is 6.89. The van der Waals surface area contributed by atoms with Crippen LogP contribution in [0.4, 0.5) is 20.2 Å². The first kappa shape index (κ1) is 18.4. The van der Waals surface area contributed by atoms with Crippen molar-refractivity contribution in [2.45, 2.75) is 38.2 Å². The van der Waals surface area contributed by atoms with Crippen LogP contribution in [0.3, 0.4) is 0 Å². The van der Waals surface area contributed by atoms with Crippen LogP contribution in [-0.4, -0.2) is 25.1 Å². The zero-order valence-electron chi connectivity index (χ0n) is 15.3. The van der Waals surface area contributed by atoms with Gasteiger partial charge in [-0.25, -0.2) is 4.79 Å². The highest BCUT2D eigenvalue weighted by Gasteiger charge is 2.55. The number of benzene rings is 2. The van der Waals surface area contributed by atoms with Gasteiger partial charge in [-0.2, -0.15) is 8.78 Å². The minimum atomic E-state index is -2.94. The van der Waals surface area contributed by atoms with E-state index >= 15 is 0 Å². The van der Waals surface area contributed by atoms with E-state index < -0.39 is 18.0 Å². The number of amides is 1. The van der Waals surface area contributed by atoms with Crippen LogP contribution in [0.15, 0.2) is 42.5 Å². The van der Waals surface area contributed by atoms with Crippen LogP contribution in [0.25, 0.3) is 0 Å². The quantitative estimate of drug-likeness (QED) is 0.706. The number of hydrogen-bond acceptors (Lipinski definition) is 4. The van der Waals surface area contributed by atoms with Gasteiger partial charge in [0.1, 0.15) is 5.75 Å². The lowest BCUT2D eigenvalue weighted by Crippen LogP contribution is -2.43. The Bertz CT molecular complexity index is 940. The van der Waals surface area contributed by atoms with Gasteiger partial charge in [0.25, 0.3) is 0 Å². The van der Waals surface area contributed by atoms with E-state index in [-0.39, 0.29) is 18.3 Å². The number of hydrogen-bond donors (Lipinski definition) is 0. The van der Waals surface area contributed by atoms with Crippen molar-refractivity contribution in [3.05, 3.63) is 53.6 Å². The third kappa shape index (κ3) is 2.82. The number of fused-ring (bicyclic) bond motifs is 2. The zero-order valence-corrected chi connectivity index (χ0v) is 15.3. The number of carbonyl (C=O) groups excluding carboxylic acids is 2. The van der Waals surface area contributed by atoms with Gasteiger partial charge in [0.05, 0.1) is 29.0 Å². The van der Waals surface area contributed by atoms with Gasteiger partial charge in [-0.15, -0.1) is 0 Å². The van der Waals surface area contributed by atoms with Crippen molar-refractivity contribution < 1.29 is 27.8 Å². The highest BCUT2D eigenvalue weighted by molar-refractivity contribution is 6.14. The Hall–Kier alpha value is -2.96. The van der Waals surface area contributed by atoms with E-state index in [1.807, 2.05) is 0 Å². The first-order valence-electron chi connectivity index (χ1n) is 9.17. The fourth-order valence-corrected chi connectivity index (χ4v) is 3.96. The number of carbonyl (C=O) groups is 2. The van der Waals surface area contributed by atoms with Gasteiger partial charge in [-0.3, -0.25) is 9.69 Å². The first-order chi connectivity index (χ1) is 13.5. The molecule has 0 bridgehead atoms. The van der Waals surface area contributed by atoms with Crippen molar-refractivity contribution in [1.29, 1.82) is 0 Å². The van der Waals surface area contributed by atoms with E-state index in [0.717, 1.165) is 12.0 Å². The summed E-state index contributed by atoms with van der Waals surface area (Å²) in [4.78, 5) is 27.0. The van der Waals surface area contributed by atoms with Crippen LogP contribution in [-0.2, 0) is 14.9 Å². The van der Waals surface area contributed by atoms with Crippen LogP contribution >= 0.6 is 0 Å². The van der Waals surface area contributed by atoms with Crippen molar-refractivity contribution in [2.75, 3.05) is 11.5 Å². The molecule has 1 heterocycles. The molecule has 1 fully saturated rings. The molecule has 0 saturated heterocycles. The molecule has 1 saturated carbocycles. The summed E-state index contributed by atoms with van der Waals surface area (Å²) < 4.78 is 34.7. The first-order valence-corrected chi connectivity index (χ1v) is 9.17. The highest BCUT2D eigenvalue weighted by Crippen LogP contribution is 2.55. The monoisotopic (exact) mass is 387 g/mol. The van der Waals surface area contributed by atoms with Crippen molar-refractivity contribution in [2.24, 2.45) is 0 Å². The summed E-state index contributed by atoms with van der Waals surface area (Å²) in [5, 5.41) is 0. The van der Waals surface area contributed by atoms with Crippen molar-refractivity contribution in [3.8, 4) is 5.75 Å². The lowest BCUT2D eigenvalue weighted by atomic mass is 9.65. The maximum Gasteiger partial charge on any atom is 0.387 e. The van der Waals surface area contributed by atoms with Crippen LogP contribution < -0.4 is 9.64 Å². The van der Waals surface area contributed by atoms with Crippen molar-refractivity contribution in [3.63, 3.8) is 0 Å². The molecular weight excluding hydrogens is 368 g/mol. The summed E-state index contributed by atoms with van der Waals surface area (Å²) in [7, 11) is 0. The lowest BCUT2D eigenvalue weighted by molar-refractivity contribution is -0.125. The highest BCUT2D eigenvalue weighted by atomic mass is 19.3. The average Bonchev–Trinajstić information content (AvgIpc) is 2.89. The number of nitrogens with zero attached hydrogens (tertiary/aromatic N) is 1. The molecule has 1 spiro atoms. The Morgan fingerprint density at radius 2 is 2.00 bits per heavy atom. The summed E-state index contributed by atoms with van der Waals surface area (Å²) in [6, 6.07) is 11.1. The smallest absolute Gasteiger partial charge is 0.387 e. The summed E-state index contributed by atoms with van der Waals surface area (Å²) >= 11 is 0. The summed E-state index contributed by atoms with van der Waals surface area (Å²) in [6.45, 7) is -0.941. The minimum absolute atomic E-state index is 0.0143. The summed E-state index contributed by atoms with van der Waals surface area (Å²) in [5.41, 5.74) is 1.63. The van der Waals surface area contributed by atoms with Gasteiger partial charge in [0, 0.05) is 6.07 Å². The third-order valence-electron chi connectivity index (χ3n) is 5.38. The Balaban J connectivity index is 1.78. The number of rotatable bonds is 5.